The summed E-state index contributed by atoms with van der Waals surface area (Å²) in [7, 11) is 3.74. The highest BCUT2D eigenvalue weighted by atomic mass is 16.6. The summed E-state index contributed by atoms with van der Waals surface area (Å²) in [5, 5.41) is 21.6. The molecule has 4 rings (SSSR count). The summed E-state index contributed by atoms with van der Waals surface area (Å²) in [5.74, 6) is 3.78. The maximum Gasteiger partial charge on any atom is 0.316 e. The van der Waals surface area contributed by atoms with Gasteiger partial charge in [0.25, 0.3) is 11.4 Å². The van der Waals surface area contributed by atoms with Crippen LogP contribution in [0.3, 0.4) is 0 Å². The number of nitro groups is 2. The molecule has 0 unspecified atom stereocenters. The highest BCUT2D eigenvalue weighted by molar-refractivity contribution is 6.77. The van der Waals surface area contributed by atoms with Gasteiger partial charge in [0.15, 0.2) is 0 Å². The molecule has 8 nitrogen and oxygen atoms in total. The molecule has 2 aliphatic rings. The van der Waals surface area contributed by atoms with Gasteiger partial charge in [-0.25, -0.2) is 0 Å². The van der Waals surface area contributed by atoms with E-state index in [9.17, 15) is 20.2 Å². The first-order chi connectivity index (χ1) is 17.8. The van der Waals surface area contributed by atoms with Crippen LogP contribution >= 0.6 is 0 Å². The minimum Gasteiger partial charge on any atom is -0.410 e. The SMILES string of the molecule is Cc1cc(C)c(B2C=CC([N+](=O)[O-])=CN2C)c(C)c1.Cc1cc(C)c(B2C=CC([N+](=O)[O-])=CN2C)c(C)c1. The Bertz CT molecular complexity index is 1250. The van der Waals surface area contributed by atoms with Crippen LogP contribution in [-0.4, -0.2) is 47.3 Å². The molecule has 0 saturated carbocycles. The molecule has 10 heteroatoms. The molecule has 0 aliphatic carbocycles. The summed E-state index contributed by atoms with van der Waals surface area (Å²) in [6.07, 6.45) is 6.35. The van der Waals surface area contributed by atoms with Crippen LogP contribution in [-0.2, 0) is 0 Å². The topological polar surface area (TPSA) is 92.8 Å². The predicted molar refractivity (Wildman–Crippen MR) is 156 cm³/mol. The molecule has 0 saturated heterocycles. The Labute approximate surface area is 225 Å². The molecule has 0 N–H and O–H groups in total. The molecule has 2 aliphatic heterocycles. The van der Waals surface area contributed by atoms with Gasteiger partial charge in [-0.3, -0.25) is 20.2 Å². The molecule has 2 heterocycles. The van der Waals surface area contributed by atoms with E-state index in [4.69, 9.17) is 0 Å². The van der Waals surface area contributed by atoms with E-state index in [0.717, 1.165) is 0 Å². The standard InChI is InChI=1S/2C14H17BN2O2/c2*1-10-7-11(2)14(12(3)8-10)15-6-5-13(17(18)19)9-16(15)4/h2*5-9H,1-4H3. The second kappa shape index (κ2) is 11.5. The minimum atomic E-state index is -0.363. The quantitative estimate of drug-likeness (QED) is 0.350. The van der Waals surface area contributed by atoms with Gasteiger partial charge in [0.2, 0.25) is 0 Å². The third kappa shape index (κ3) is 6.25. The zero-order valence-electron chi connectivity index (χ0n) is 23.4. The molecule has 0 amide bonds. The first-order valence-corrected chi connectivity index (χ1v) is 12.5. The van der Waals surface area contributed by atoms with Gasteiger partial charge in [-0.1, -0.05) is 69.6 Å². The number of aryl methyl sites for hydroxylation is 6. The van der Waals surface area contributed by atoms with Crippen LogP contribution in [0.4, 0.5) is 0 Å². The summed E-state index contributed by atoms with van der Waals surface area (Å²) in [5.41, 5.74) is 10.1. The molecule has 196 valence electrons. The number of benzene rings is 2. The van der Waals surface area contributed by atoms with Crippen LogP contribution in [0.15, 0.2) is 72.2 Å². The van der Waals surface area contributed by atoms with Crippen molar-refractivity contribution in [3.63, 3.8) is 0 Å². The van der Waals surface area contributed by atoms with Crippen LogP contribution in [0.1, 0.15) is 33.4 Å². The molecule has 0 bridgehead atoms. The molecular weight excluding hydrogens is 478 g/mol. The summed E-state index contributed by atoms with van der Waals surface area (Å²) in [4.78, 5) is 24.6. The van der Waals surface area contributed by atoms with Crippen LogP contribution in [0.25, 0.3) is 0 Å². The van der Waals surface area contributed by atoms with E-state index in [0.29, 0.717) is 0 Å². The maximum atomic E-state index is 10.8. The van der Waals surface area contributed by atoms with E-state index in [1.54, 1.807) is 24.6 Å². The van der Waals surface area contributed by atoms with Gasteiger partial charge in [-0.15, -0.1) is 0 Å². The molecule has 0 aromatic heterocycles. The maximum absolute atomic E-state index is 10.8. The summed E-state index contributed by atoms with van der Waals surface area (Å²) in [6.45, 7) is 12.6. The monoisotopic (exact) mass is 512 g/mol. The first-order valence-electron chi connectivity index (χ1n) is 12.5. The van der Waals surface area contributed by atoms with E-state index in [2.05, 4.69) is 65.8 Å². The second-order valence-corrected chi connectivity index (χ2v) is 10.2. The van der Waals surface area contributed by atoms with Crippen molar-refractivity contribution in [1.29, 1.82) is 0 Å². The summed E-state index contributed by atoms with van der Waals surface area (Å²) < 4.78 is 0. The number of hydrogen-bond donors (Lipinski definition) is 0. The minimum absolute atomic E-state index is 0.0595. The zero-order valence-corrected chi connectivity index (χ0v) is 23.4. The van der Waals surface area contributed by atoms with Crippen molar-refractivity contribution in [3.8, 4) is 0 Å². The Balaban J connectivity index is 0.000000211. The Hall–Kier alpha value is -4.07. The Kier molecular flexibility index (Phi) is 8.66. The van der Waals surface area contributed by atoms with E-state index >= 15 is 0 Å². The van der Waals surface area contributed by atoms with E-state index in [1.807, 2.05) is 35.7 Å². The Morgan fingerprint density at radius 3 is 1.13 bits per heavy atom. The van der Waals surface area contributed by atoms with Crippen molar-refractivity contribution in [2.24, 2.45) is 0 Å². The molecule has 0 radical (unpaired) electrons. The Morgan fingerprint density at radius 1 is 0.605 bits per heavy atom. The number of rotatable bonds is 4. The third-order valence-corrected chi connectivity index (χ3v) is 6.94. The van der Waals surface area contributed by atoms with E-state index in [1.165, 1.54) is 44.3 Å². The van der Waals surface area contributed by atoms with Crippen LogP contribution in [0, 0.1) is 61.8 Å². The lowest BCUT2D eigenvalue weighted by Gasteiger charge is -2.26. The molecule has 0 fully saturated rings. The highest BCUT2D eigenvalue weighted by Crippen LogP contribution is 2.16. The van der Waals surface area contributed by atoms with Crippen molar-refractivity contribution in [1.82, 2.24) is 9.62 Å². The highest BCUT2D eigenvalue weighted by Gasteiger charge is 2.28. The fraction of sp³-hybridized carbons (Fsp3) is 0.286. The molecule has 2 aromatic carbocycles. The molecule has 38 heavy (non-hydrogen) atoms. The predicted octanol–water partition coefficient (Wildman–Crippen LogP) is 3.94. The van der Waals surface area contributed by atoms with Crippen LogP contribution in [0.2, 0.25) is 0 Å². The van der Waals surface area contributed by atoms with Gasteiger partial charge in [-0.05, 0) is 66.6 Å². The lowest BCUT2D eigenvalue weighted by atomic mass is 9.51. The van der Waals surface area contributed by atoms with Gasteiger partial charge < -0.3 is 9.62 Å². The van der Waals surface area contributed by atoms with Crippen molar-refractivity contribution in [3.05, 3.63) is 126 Å². The molecule has 2 aromatic rings. The molecular formula is C28H34B2N4O4. The average molecular weight is 512 g/mol. The van der Waals surface area contributed by atoms with Gasteiger partial charge in [0, 0.05) is 12.2 Å². The summed E-state index contributed by atoms with van der Waals surface area (Å²) in [6, 6.07) is 8.60. The van der Waals surface area contributed by atoms with Gasteiger partial charge in [0.1, 0.15) is 0 Å². The number of nitrogens with zero attached hydrogens (tertiary/aromatic N) is 4. The van der Waals surface area contributed by atoms with Crippen molar-refractivity contribution in [2.75, 3.05) is 14.1 Å². The van der Waals surface area contributed by atoms with Crippen LogP contribution < -0.4 is 10.9 Å². The van der Waals surface area contributed by atoms with Crippen molar-refractivity contribution < 1.29 is 9.85 Å². The normalized spacial score (nSPS) is 14.6. The zero-order chi connectivity index (χ0) is 28.3. The van der Waals surface area contributed by atoms with E-state index in [-0.39, 0.29) is 34.9 Å². The third-order valence-electron chi connectivity index (χ3n) is 6.94. The number of hydrogen-bond acceptors (Lipinski definition) is 6. The van der Waals surface area contributed by atoms with Crippen molar-refractivity contribution in [2.45, 2.75) is 41.5 Å². The number of allylic oxidation sites excluding steroid dienone is 2. The van der Waals surface area contributed by atoms with Gasteiger partial charge in [-0.2, -0.15) is 0 Å². The van der Waals surface area contributed by atoms with Gasteiger partial charge >= 0.3 is 13.7 Å². The van der Waals surface area contributed by atoms with Crippen molar-refractivity contribution >= 4 is 24.6 Å². The molecule has 0 spiro atoms. The first kappa shape index (κ1) is 28.5. The lowest BCUT2D eigenvalue weighted by molar-refractivity contribution is -0.420. The largest absolute Gasteiger partial charge is 0.410 e. The van der Waals surface area contributed by atoms with E-state index < -0.39 is 0 Å². The lowest BCUT2D eigenvalue weighted by Crippen LogP contribution is -2.46. The van der Waals surface area contributed by atoms with Crippen LogP contribution in [0.5, 0.6) is 0 Å². The van der Waals surface area contributed by atoms with Gasteiger partial charge in [0.05, 0.1) is 22.2 Å². The summed E-state index contributed by atoms with van der Waals surface area (Å²) >= 11 is 0. The fourth-order valence-electron chi connectivity index (χ4n) is 5.45. The smallest absolute Gasteiger partial charge is 0.316 e. The average Bonchev–Trinajstić information content (AvgIpc) is 2.80. The Morgan fingerprint density at radius 2 is 0.895 bits per heavy atom. The fourth-order valence-corrected chi connectivity index (χ4v) is 5.45. The molecule has 0 atom stereocenters. The second-order valence-electron chi connectivity index (χ2n) is 10.2.